The third kappa shape index (κ3) is 4.10. The van der Waals surface area contributed by atoms with Crippen molar-refractivity contribution in [3.05, 3.63) is 70.9 Å². The van der Waals surface area contributed by atoms with Gasteiger partial charge >= 0.3 is 0 Å². The minimum absolute atomic E-state index is 0.00644. The summed E-state index contributed by atoms with van der Waals surface area (Å²) >= 11 is 6.11. The van der Waals surface area contributed by atoms with E-state index in [0.717, 1.165) is 18.4 Å². The third-order valence-electron chi connectivity index (χ3n) is 5.94. The summed E-state index contributed by atoms with van der Waals surface area (Å²) < 4.78 is 2.15. The fourth-order valence-electron chi connectivity index (χ4n) is 4.47. The molecule has 0 radical (unpaired) electrons. The lowest BCUT2D eigenvalue weighted by Crippen LogP contribution is -2.36. The lowest BCUT2D eigenvalue weighted by Gasteiger charge is -2.24. The van der Waals surface area contributed by atoms with Gasteiger partial charge in [-0.05, 0) is 42.2 Å². The molecule has 1 saturated carbocycles. The minimum atomic E-state index is 0.00644. The van der Waals surface area contributed by atoms with Gasteiger partial charge in [0.05, 0.1) is 0 Å². The summed E-state index contributed by atoms with van der Waals surface area (Å²) in [4.78, 5) is 12.9. The Morgan fingerprint density at radius 2 is 1.82 bits per heavy atom. The number of nitrogens with zero attached hydrogens (tertiary/aromatic N) is 1. The largest absolute Gasteiger partial charge is 0.353 e. The molecule has 0 aliphatic heterocycles. The first kappa shape index (κ1) is 19.1. The number of hydrogen-bond acceptors (Lipinski definition) is 1. The molecule has 0 spiro atoms. The molecule has 1 N–H and O–H groups in total. The zero-order valence-corrected chi connectivity index (χ0v) is 17.1. The first-order valence-electron chi connectivity index (χ1n) is 10.2. The Morgan fingerprint density at radius 3 is 2.57 bits per heavy atom. The second-order valence-electron chi connectivity index (χ2n) is 7.92. The van der Waals surface area contributed by atoms with E-state index in [4.69, 9.17) is 11.6 Å². The maximum atomic E-state index is 12.9. The Hall–Kier alpha value is -2.26. The number of amides is 1. The van der Waals surface area contributed by atoms with Crippen LogP contribution in [0.15, 0.2) is 54.7 Å². The fourth-order valence-corrected chi connectivity index (χ4v) is 4.60. The number of carbonyl (C=O) groups excluding carboxylic acids is 1. The summed E-state index contributed by atoms with van der Waals surface area (Å²) in [6, 6.07) is 16.6. The molecule has 28 heavy (non-hydrogen) atoms. The molecule has 1 atom stereocenters. The van der Waals surface area contributed by atoms with Gasteiger partial charge in [0.15, 0.2) is 0 Å². The van der Waals surface area contributed by atoms with E-state index in [9.17, 15) is 4.79 Å². The van der Waals surface area contributed by atoms with Gasteiger partial charge in [0.2, 0.25) is 5.91 Å². The quantitative estimate of drug-likeness (QED) is 0.582. The summed E-state index contributed by atoms with van der Waals surface area (Å²) in [6.45, 7) is 0. The van der Waals surface area contributed by atoms with Crippen LogP contribution >= 0.6 is 11.6 Å². The number of hydrogen-bond donors (Lipinski definition) is 1. The fraction of sp³-hybridized carbons (Fsp3) is 0.375. The summed E-state index contributed by atoms with van der Waals surface area (Å²) in [5, 5.41) is 5.20. The summed E-state index contributed by atoms with van der Waals surface area (Å²) in [5.74, 6) is 0.145. The van der Waals surface area contributed by atoms with Crippen molar-refractivity contribution in [2.24, 2.45) is 7.05 Å². The second kappa shape index (κ2) is 8.40. The van der Waals surface area contributed by atoms with E-state index in [1.165, 1.54) is 35.7 Å². The van der Waals surface area contributed by atoms with Crippen LogP contribution in [0.3, 0.4) is 0 Å². The standard InChI is InChI=1S/C24H27ClN2O/c1-27-16-22(20-9-5-6-10-23(20)27)21(17-11-13-18(25)14-12-17)15-24(28)26-19-7-3-2-4-8-19/h5-6,9-14,16,19,21H,2-4,7-8,15H2,1H3,(H,26,28). The topological polar surface area (TPSA) is 34.0 Å². The second-order valence-corrected chi connectivity index (χ2v) is 8.36. The van der Waals surface area contributed by atoms with Crippen molar-refractivity contribution < 1.29 is 4.79 Å². The highest BCUT2D eigenvalue weighted by Crippen LogP contribution is 2.35. The van der Waals surface area contributed by atoms with Crippen molar-refractivity contribution in [1.82, 2.24) is 9.88 Å². The molecular formula is C24H27ClN2O. The van der Waals surface area contributed by atoms with Gasteiger partial charge in [-0.1, -0.05) is 61.2 Å². The van der Waals surface area contributed by atoms with Crippen LogP contribution in [-0.4, -0.2) is 16.5 Å². The van der Waals surface area contributed by atoms with E-state index in [-0.39, 0.29) is 11.8 Å². The molecule has 1 amide bonds. The van der Waals surface area contributed by atoms with E-state index in [0.29, 0.717) is 17.5 Å². The molecule has 4 heteroatoms. The van der Waals surface area contributed by atoms with E-state index in [2.05, 4.69) is 47.4 Å². The zero-order chi connectivity index (χ0) is 19.5. The van der Waals surface area contributed by atoms with Crippen molar-refractivity contribution in [1.29, 1.82) is 0 Å². The van der Waals surface area contributed by atoms with Crippen LogP contribution in [0, 0.1) is 0 Å². The number of para-hydroxylation sites is 1. The summed E-state index contributed by atoms with van der Waals surface area (Å²) in [5.41, 5.74) is 3.50. The number of nitrogens with one attached hydrogen (secondary N) is 1. The average Bonchev–Trinajstić information content (AvgIpc) is 3.04. The van der Waals surface area contributed by atoms with Gasteiger partial charge in [-0.3, -0.25) is 4.79 Å². The Kier molecular flexibility index (Phi) is 5.72. The molecule has 1 aromatic heterocycles. The lowest BCUT2D eigenvalue weighted by atomic mass is 9.87. The number of halogens is 1. The SMILES string of the molecule is Cn1cc(C(CC(=O)NC2CCCCC2)c2ccc(Cl)cc2)c2ccccc21. The Bertz CT molecular complexity index is 954. The third-order valence-corrected chi connectivity index (χ3v) is 6.19. The van der Waals surface area contributed by atoms with Crippen molar-refractivity contribution in [3.8, 4) is 0 Å². The minimum Gasteiger partial charge on any atom is -0.353 e. The van der Waals surface area contributed by atoms with E-state index in [1.54, 1.807) is 0 Å². The van der Waals surface area contributed by atoms with E-state index >= 15 is 0 Å². The maximum absolute atomic E-state index is 12.9. The van der Waals surface area contributed by atoms with Crippen LogP contribution < -0.4 is 5.32 Å². The molecule has 3 nitrogen and oxygen atoms in total. The van der Waals surface area contributed by atoms with Gasteiger partial charge in [-0.2, -0.15) is 0 Å². The molecule has 3 aromatic rings. The first-order valence-corrected chi connectivity index (χ1v) is 10.6. The molecule has 0 saturated heterocycles. The highest BCUT2D eigenvalue weighted by Gasteiger charge is 2.24. The van der Waals surface area contributed by atoms with Crippen LogP contribution in [0.2, 0.25) is 5.02 Å². The van der Waals surface area contributed by atoms with Crippen LogP contribution in [0.25, 0.3) is 10.9 Å². The van der Waals surface area contributed by atoms with Crippen LogP contribution in [0.4, 0.5) is 0 Å². The molecule has 1 aliphatic carbocycles. The molecule has 1 aliphatic rings. The van der Waals surface area contributed by atoms with Crippen molar-refractivity contribution >= 4 is 28.4 Å². The molecule has 1 fully saturated rings. The molecule has 0 bridgehead atoms. The van der Waals surface area contributed by atoms with Crippen molar-refractivity contribution in [3.63, 3.8) is 0 Å². The summed E-state index contributed by atoms with van der Waals surface area (Å²) in [7, 11) is 2.06. The summed E-state index contributed by atoms with van der Waals surface area (Å²) in [6.07, 6.45) is 8.54. The van der Waals surface area contributed by atoms with Gasteiger partial charge in [0, 0.05) is 47.6 Å². The molecule has 4 rings (SSSR count). The van der Waals surface area contributed by atoms with Crippen LogP contribution in [-0.2, 0) is 11.8 Å². The predicted octanol–water partition coefficient (Wildman–Crippen LogP) is 5.80. The van der Waals surface area contributed by atoms with Gasteiger partial charge in [-0.25, -0.2) is 0 Å². The molecule has 1 heterocycles. The van der Waals surface area contributed by atoms with Gasteiger partial charge in [-0.15, -0.1) is 0 Å². The van der Waals surface area contributed by atoms with E-state index in [1.807, 2.05) is 24.3 Å². The van der Waals surface area contributed by atoms with Crippen molar-refractivity contribution in [2.45, 2.75) is 50.5 Å². The molecule has 1 unspecified atom stereocenters. The first-order chi connectivity index (χ1) is 13.6. The number of benzene rings is 2. The molecular weight excluding hydrogens is 368 g/mol. The number of aromatic nitrogens is 1. The van der Waals surface area contributed by atoms with Gasteiger partial charge in [0.1, 0.15) is 0 Å². The number of rotatable bonds is 5. The number of fused-ring (bicyclic) bond motifs is 1. The smallest absolute Gasteiger partial charge is 0.221 e. The van der Waals surface area contributed by atoms with E-state index < -0.39 is 0 Å². The monoisotopic (exact) mass is 394 g/mol. The van der Waals surface area contributed by atoms with Crippen LogP contribution in [0.5, 0.6) is 0 Å². The Labute approximate surface area is 171 Å². The molecule has 146 valence electrons. The van der Waals surface area contributed by atoms with Gasteiger partial charge in [0.25, 0.3) is 0 Å². The zero-order valence-electron chi connectivity index (χ0n) is 16.3. The highest BCUT2D eigenvalue weighted by molar-refractivity contribution is 6.30. The van der Waals surface area contributed by atoms with Crippen molar-refractivity contribution in [2.75, 3.05) is 0 Å². The number of carbonyl (C=O) groups is 1. The normalized spacial score (nSPS) is 16.2. The number of aryl methyl sites for hydroxylation is 1. The molecule has 2 aromatic carbocycles. The predicted molar refractivity (Wildman–Crippen MR) is 116 cm³/mol. The lowest BCUT2D eigenvalue weighted by molar-refractivity contribution is -0.122. The van der Waals surface area contributed by atoms with Crippen LogP contribution in [0.1, 0.15) is 55.6 Å². The van der Waals surface area contributed by atoms with Gasteiger partial charge < -0.3 is 9.88 Å². The maximum Gasteiger partial charge on any atom is 0.221 e. The Balaban J connectivity index is 1.65. The Morgan fingerprint density at radius 1 is 1.11 bits per heavy atom. The average molecular weight is 395 g/mol. The highest BCUT2D eigenvalue weighted by atomic mass is 35.5.